The van der Waals surface area contributed by atoms with E-state index in [4.69, 9.17) is 9.47 Å². The highest BCUT2D eigenvalue weighted by Gasteiger charge is 2.39. The second kappa shape index (κ2) is 12.2. The first kappa shape index (κ1) is 28.4. The van der Waals surface area contributed by atoms with Gasteiger partial charge in [0.05, 0.1) is 29.9 Å². The second-order valence-electron chi connectivity index (χ2n) is 10.9. The Morgan fingerprint density at radius 3 is 2.67 bits per heavy atom. The number of likely N-dealkylation sites (tertiary alicyclic amines) is 1. The molecule has 0 saturated carbocycles. The lowest BCUT2D eigenvalue weighted by atomic mass is 9.94. The number of hydrogen-bond acceptors (Lipinski definition) is 7. The molecule has 2 aromatic rings. The van der Waals surface area contributed by atoms with Gasteiger partial charge in [0, 0.05) is 38.4 Å². The van der Waals surface area contributed by atoms with Gasteiger partial charge in [0.25, 0.3) is 5.91 Å². The number of likely N-dealkylation sites (N-methyl/N-ethyl adjacent to an activating group) is 1. The number of sulfonamides is 1. The molecule has 2 fully saturated rings. The lowest BCUT2D eigenvalue weighted by molar-refractivity contribution is -0.134. The van der Waals surface area contributed by atoms with Crippen LogP contribution < -0.4 is 14.8 Å². The van der Waals surface area contributed by atoms with E-state index in [0.717, 1.165) is 26.1 Å². The maximum atomic E-state index is 13.4. The molecule has 0 aromatic heterocycles. The number of amides is 2. The minimum Gasteiger partial charge on any atom is -0.490 e. The zero-order valence-corrected chi connectivity index (χ0v) is 23.9. The molecule has 216 valence electrons. The molecule has 0 bridgehead atoms. The smallest absolute Gasteiger partial charge is 0.257 e. The zero-order valence-electron chi connectivity index (χ0n) is 23.0. The van der Waals surface area contributed by atoms with E-state index in [1.165, 1.54) is 11.6 Å². The van der Waals surface area contributed by atoms with Crippen LogP contribution in [-0.4, -0.2) is 86.8 Å². The van der Waals surface area contributed by atoms with Crippen molar-refractivity contribution in [1.29, 1.82) is 0 Å². The zero-order chi connectivity index (χ0) is 28.3. The fraction of sp³-hybridized carbons (Fsp3) is 0.517. The Hall–Kier alpha value is -3.15. The van der Waals surface area contributed by atoms with E-state index in [0.29, 0.717) is 29.8 Å². The molecule has 0 unspecified atom stereocenters. The SMILES string of the molecule is CCS(=O)(=O)Nc1ccc2c(c1)C(=O)N(C)[C@H]1CC[C@H](CC(=O)N[C@H]3CCN(Cc4ccccc4)C3)O[C@@H]1CO2. The molecular formula is C29H38N4O6S. The normalized spacial score (nSPS) is 25.2. The number of carbonyl (C=O) groups is 2. The molecular weight excluding hydrogens is 532 g/mol. The molecule has 10 nitrogen and oxygen atoms in total. The fourth-order valence-corrected chi connectivity index (χ4v) is 6.40. The standard InChI is InChI=1S/C29H38N4O6S/c1-3-40(36,37)31-21-9-12-26-24(15-21)29(35)32(2)25-11-10-23(39-27(25)19-38-26)16-28(34)30-22-13-14-33(18-22)17-20-7-5-4-6-8-20/h4-9,12,15,22-23,25,27,31H,3,10-11,13-14,16-19H2,1-2H3,(H,30,34)/t22-,23+,25-,27+/m0/s1. The predicted octanol–water partition coefficient (Wildman–Crippen LogP) is 2.61. The van der Waals surface area contributed by atoms with Crippen molar-refractivity contribution in [1.82, 2.24) is 15.1 Å². The number of carbonyl (C=O) groups excluding carboxylic acids is 2. The van der Waals surface area contributed by atoms with Crippen LogP contribution in [0.1, 0.15) is 48.5 Å². The fourth-order valence-electron chi connectivity index (χ4n) is 5.77. The average molecular weight is 571 g/mol. The summed E-state index contributed by atoms with van der Waals surface area (Å²) in [6.07, 6.45) is 1.91. The van der Waals surface area contributed by atoms with Crippen molar-refractivity contribution in [3.8, 4) is 5.75 Å². The van der Waals surface area contributed by atoms with Crippen LogP contribution in [0, 0.1) is 0 Å². The quantitative estimate of drug-likeness (QED) is 0.501. The predicted molar refractivity (Wildman–Crippen MR) is 152 cm³/mol. The Labute approximate surface area is 236 Å². The van der Waals surface area contributed by atoms with E-state index in [9.17, 15) is 18.0 Å². The van der Waals surface area contributed by atoms with Gasteiger partial charge < -0.3 is 19.7 Å². The van der Waals surface area contributed by atoms with Gasteiger partial charge >= 0.3 is 0 Å². The summed E-state index contributed by atoms with van der Waals surface area (Å²) in [6.45, 7) is 4.44. The molecule has 0 aliphatic carbocycles. The van der Waals surface area contributed by atoms with Gasteiger partial charge in [0.15, 0.2) is 0 Å². The lowest BCUT2D eigenvalue weighted by Crippen LogP contribution is -2.54. The Balaban J connectivity index is 1.16. The maximum absolute atomic E-state index is 13.4. The van der Waals surface area contributed by atoms with Crippen LogP contribution in [0.15, 0.2) is 48.5 Å². The van der Waals surface area contributed by atoms with E-state index < -0.39 is 10.0 Å². The molecule has 40 heavy (non-hydrogen) atoms. The summed E-state index contributed by atoms with van der Waals surface area (Å²) in [6, 6.07) is 15.0. The van der Waals surface area contributed by atoms with Gasteiger partial charge in [-0.05, 0) is 49.9 Å². The van der Waals surface area contributed by atoms with E-state index in [2.05, 4.69) is 27.1 Å². The monoisotopic (exact) mass is 570 g/mol. The van der Waals surface area contributed by atoms with Crippen LogP contribution in [0.3, 0.4) is 0 Å². The highest BCUT2D eigenvalue weighted by molar-refractivity contribution is 7.92. The number of ether oxygens (including phenoxy) is 2. The number of benzene rings is 2. The summed E-state index contributed by atoms with van der Waals surface area (Å²) >= 11 is 0. The van der Waals surface area contributed by atoms with Gasteiger partial charge in [-0.3, -0.25) is 19.2 Å². The number of nitrogens with zero attached hydrogens (tertiary/aromatic N) is 2. The minimum atomic E-state index is -3.48. The summed E-state index contributed by atoms with van der Waals surface area (Å²) in [5.41, 5.74) is 1.89. The summed E-state index contributed by atoms with van der Waals surface area (Å²) in [5, 5.41) is 3.19. The highest BCUT2D eigenvalue weighted by atomic mass is 32.2. The van der Waals surface area contributed by atoms with Crippen molar-refractivity contribution >= 4 is 27.5 Å². The first-order valence-electron chi connectivity index (χ1n) is 14.0. The lowest BCUT2D eigenvalue weighted by Gasteiger charge is -2.42. The van der Waals surface area contributed by atoms with Crippen LogP contribution in [0.5, 0.6) is 5.75 Å². The summed E-state index contributed by atoms with van der Waals surface area (Å²) in [7, 11) is -1.74. The van der Waals surface area contributed by atoms with Gasteiger partial charge in [-0.15, -0.1) is 0 Å². The number of fused-ring (bicyclic) bond motifs is 2. The van der Waals surface area contributed by atoms with Gasteiger partial charge in [-0.25, -0.2) is 8.42 Å². The van der Waals surface area contributed by atoms with E-state index in [1.807, 2.05) is 18.2 Å². The molecule has 2 aromatic carbocycles. The molecule has 3 heterocycles. The van der Waals surface area contributed by atoms with Gasteiger partial charge in [0.2, 0.25) is 15.9 Å². The number of anilines is 1. The molecule has 0 radical (unpaired) electrons. The first-order valence-corrected chi connectivity index (χ1v) is 15.6. The molecule has 2 saturated heterocycles. The van der Waals surface area contributed by atoms with E-state index >= 15 is 0 Å². The summed E-state index contributed by atoms with van der Waals surface area (Å²) in [4.78, 5) is 30.3. The van der Waals surface area contributed by atoms with Crippen LogP contribution >= 0.6 is 0 Å². The second-order valence-corrected chi connectivity index (χ2v) is 12.9. The molecule has 3 aliphatic heterocycles. The molecule has 11 heteroatoms. The van der Waals surface area contributed by atoms with E-state index in [1.54, 1.807) is 31.0 Å². The van der Waals surface area contributed by atoms with Gasteiger partial charge in [0.1, 0.15) is 18.5 Å². The molecule has 4 atom stereocenters. The first-order chi connectivity index (χ1) is 19.2. The number of rotatable bonds is 8. The summed E-state index contributed by atoms with van der Waals surface area (Å²) in [5.74, 6) is 0.0312. The molecule has 5 rings (SSSR count). The summed E-state index contributed by atoms with van der Waals surface area (Å²) < 4.78 is 38.8. The number of nitrogens with one attached hydrogen (secondary N) is 2. The van der Waals surface area contributed by atoms with Crippen molar-refractivity contribution in [3.05, 3.63) is 59.7 Å². The Bertz CT molecular complexity index is 1320. The van der Waals surface area contributed by atoms with Gasteiger partial charge in [-0.2, -0.15) is 0 Å². The van der Waals surface area contributed by atoms with Crippen LogP contribution in [0.25, 0.3) is 0 Å². The van der Waals surface area contributed by atoms with Crippen molar-refractivity contribution in [2.75, 3.05) is 37.2 Å². The Morgan fingerprint density at radius 1 is 1.10 bits per heavy atom. The Morgan fingerprint density at radius 2 is 1.90 bits per heavy atom. The van der Waals surface area contributed by atoms with Crippen LogP contribution in [0.2, 0.25) is 0 Å². The van der Waals surface area contributed by atoms with E-state index in [-0.39, 0.29) is 54.9 Å². The van der Waals surface area contributed by atoms with Crippen LogP contribution in [0.4, 0.5) is 5.69 Å². The third-order valence-corrected chi connectivity index (χ3v) is 9.27. The van der Waals surface area contributed by atoms with Crippen molar-refractivity contribution in [3.63, 3.8) is 0 Å². The number of hydrogen-bond donors (Lipinski definition) is 2. The van der Waals surface area contributed by atoms with Crippen molar-refractivity contribution < 1.29 is 27.5 Å². The highest BCUT2D eigenvalue weighted by Crippen LogP contribution is 2.32. The van der Waals surface area contributed by atoms with Gasteiger partial charge in [-0.1, -0.05) is 30.3 Å². The average Bonchev–Trinajstić information content (AvgIpc) is 3.37. The molecule has 2 N–H and O–H groups in total. The topological polar surface area (TPSA) is 117 Å². The maximum Gasteiger partial charge on any atom is 0.257 e. The third-order valence-electron chi connectivity index (χ3n) is 7.96. The molecule has 0 spiro atoms. The van der Waals surface area contributed by atoms with Crippen LogP contribution in [-0.2, 0) is 26.1 Å². The minimum absolute atomic E-state index is 0.0152. The Kier molecular flexibility index (Phi) is 8.62. The van der Waals surface area contributed by atoms with Crippen molar-refractivity contribution in [2.24, 2.45) is 0 Å². The third kappa shape index (κ3) is 6.76. The van der Waals surface area contributed by atoms with Crippen molar-refractivity contribution in [2.45, 2.75) is 63.4 Å². The molecule has 3 aliphatic rings. The molecule has 2 amide bonds. The largest absolute Gasteiger partial charge is 0.490 e.